The van der Waals surface area contributed by atoms with Crippen LogP contribution in [0.1, 0.15) is 49.8 Å². The molecule has 2 fully saturated rings. The summed E-state index contributed by atoms with van der Waals surface area (Å²) in [5, 5.41) is 10.6. The fraction of sp³-hybridized carbons (Fsp3) is 0.542. The number of hydrogen-bond acceptors (Lipinski definition) is 5. The largest absolute Gasteiger partial charge is 0.388 e. The molecule has 1 aliphatic carbocycles. The van der Waals surface area contributed by atoms with E-state index in [4.69, 9.17) is 4.74 Å². The fourth-order valence-corrected chi connectivity index (χ4v) is 5.09. The number of ether oxygens (including phenoxy) is 1. The molecule has 3 atom stereocenters. The molecule has 0 radical (unpaired) electrons. The Hall–Kier alpha value is -2.67. The van der Waals surface area contributed by atoms with E-state index in [1.807, 2.05) is 38.4 Å². The average Bonchev–Trinajstić information content (AvgIpc) is 3.21. The van der Waals surface area contributed by atoms with Crippen LogP contribution in [0.5, 0.6) is 0 Å². The van der Waals surface area contributed by atoms with E-state index in [0.717, 1.165) is 41.8 Å². The predicted octanol–water partition coefficient (Wildman–Crippen LogP) is 3.48. The first kappa shape index (κ1) is 21.6. The highest BCUT2D eigenvalue weighted by atomic mass is 16.5. The number of nitrogens with one attached hydrogen (secondary N) is 2. The summed E-state index contributed by atoms with van der Waals surface area (Å²) in [6.07, 6.45) is 6.34. The van der Waals surface area contributed by atoms with Crippen molar-refractivity contribution >= 4 is 23.6 Å². The van der Waals surface area contributed by atoms with Crippen molar-refractivity contribution < 1.29 is 14.3 Å². The number of aromatic nitrogens is 2. The number of amides is 1. The highest BCUT2D eigenvalue weighted by Gasteiger charge is 2.40. The standard InChI is InChI=1S/C24H32N4O3/c1-16-4-6-18(16)22(21-8-11-26-28(21)3)23(30)27-17-5-7-19(20(14-17)25-2)24(15-29)9-12-31-13-10-24/h5,7-8,11,14-16,18,22,25H,4,6,9-10,12-13H2,1-3H3,(H,27,30). The van der Waals surface area contributed by atoms with E-state index in [-0.39, 0.29) is 11.8 Å². The smallest absolute Gasteiger partial charge is 0.233 e. The second kappa shape index (κ2) is 8.83. The van der Waals surface area contributed by atoms with Gasteiger partial charge in [-0.05, 0) is 54.9 Å². The van der Waals surface area contributed by atoms with Gasteiger partial charge in [-0.3, -0.25) is 9.48 Å². The summed E-state index contributed by atoms with van der Waals surface area (Å²) < 4.78 is 7.28. The SMILES string of the molecule is CNc1cc(NC(=O)C(c2ccnn2C)C2CCC2C)ccc1C1(C=O)CCOCC1. The molecule has 1 aromatic heterocycles. The lowest BCUT2D eigenvalue weighted by atomic mass is 9.66. The monoisotopic (exact) mass is 424 g/mol. The topological polar surface area (TPSA) is 85.2 Å². The second-order valence-corrected chi connectivity index (χ2v) is 8.96. The molecular formula is C24H32N4O3. The maximum atomic E-state index is 13.4. The molecule has 1 saturated carbocycles. The van der Waals surface area contributed by atoms with E-state index < -0.39 is 5.41 Å². The van der Waals surface area contributed by atoms with Crippen molar-refractivity contribution in [1.82, 2.24) is 9.78 Å². The minimum Gasteiger partial charge on any atom is -0.388 e. The van der Waals surface area contributed by atoms with Gasteiger partial charge in [0.2, 0.25) is 5.91 Å². The van der Waals surface area contributed by atoms with Crippen LogP contribution in [0.25, 0.3) is 0 Å². The van der Waals surface area contributed by atoms with Crippen LogP contribution in [0.4, 0.5) is 11.4 Å². The van der Waals surface area contributed by atoms with Crippen LogP contribution < -0.4 is 10.6 Å². The van der Waals surface area contributed by atoms with Gasteiger partial charge in [-0.2, -0.15) is 5.10 Å². The molecule has 7 heteroatoms. The van der Waals surface area contributed by atoms with Gasteiger partial charge < -0.3 is 20.2 Å². The third kappa shape index (κ3) is 3.99. The van der Waals surface area contributed by atoms with Crippen molar-refractivity contribution in [2.45, 2.75) is 43.9 Å². The Bertz CT molecular complexity index is 948. The first-order valence-corrected chi connectivity index (χ1v) is 11.1. The summed E-state index contributed by atoms with van der Waals surface area (Å²) in [6.45, 7) is 3.37. The highest BCUT2D eigenvalue weighted by molar-refractivity contribution is 5.96. The quantitative estimate of drug-likeness (QED) is 0.665. The number of nitrogens with zero attached hydrogens (tertiary/aromatic N) is 2. The Morgan fingerprint density at radius 3 is 2.61 bits per heavy atom. The van der Waals surface area contributed by atoms with Gasteiger partial charge in [-0.25, -0.2) is 0 Å². The lowest BCUT2D eigenvalue weighted by molar-refractivity contribution is -0.120. The number of benzene rings is 1. The third-order valence-corrected chi connectivity index (χ3v) is 7.28. The van der Waals surface area contributed by atoms with Crippen LogP contribution in [0.2, 0.25) is 0 Å². The second-order valence-electron chi connectivity index (χ2n) is 8.96. The van der Waals surface area contributed by atoms with Gasteiger partial charge in [0.05, 0.1) is 17.0 Å². The van der Waals surface area contributed by atoms with Gasteiger partial charge in [-0.15, -0.1) is 0 Å². The zero-order valence-corrected chi connectivity index (χ0v) is 18.6. The van der Waals surface area contributed by atoms with Crippen LogP contribution in [0.15, 0.2) is 30.5 Å². The number of aryl methyl sites for hydroxylation is 1. The molecule has 166 valence electrons. The van der Waals surface area contributed by atoms with Crippen LogP contribution in [-0.4, -0.2) is 42.2 Å². The molecule has 31 heavy (non-hydrogen) atoms. The summed E-state index contributed by atoms with van der Waals surface area (Å²) >= 11 is 0. The van der Waals surface area contributed by atoms with Gasteiger partial charge >= 0.3 is 0 Å². The van der Waals surface area contributed by atoms with Crippen molar-refractivity contribution in [3.8, 4) is 0 Å². The van der Waals surface area contributed by atoms with Crippen molar-refractivity contribution in [1.29, 1.82) is 0 Å². The molecule has 0 bridgehead atoms. The Morgan fingerprint density at radius 1 is 1.29 bits per heavy atom. The van der Waals surface area contributed by atoms with Crippen molar-refractivity contribution in [2.75, 3.05) is 30.9 Å². The number of carbonyl (C=O) groups is 2. The molecule has 0 spiro atoms. The van der Waals surface area contributed by atoms with Gasteiger partial charge in [-0.1, -0.05) is 19.4 Å². The number of carbonyl (C=O) groups excluding carboxylic acids is 2. The van der Waals surface area contributed by atoms with E-state index >= 15 is 0 Å². The molecule has 1 aliphatic heterocycles. The lowest BCUT2D eigenvalue weighted by Crippen LogP contribution is -2.37. The van der Waals surface area contributed by atoms with Gasteiger partial charge in [0.25, 0.3) is 0 Å². The summed E-state index contributed by atoms with van der Waals surface area (Å²) in [5.74, 6) is 0.595. The van der Waals surface area contributed by atoms with E-state index in [9.17, 15) is 9.59 Å². The van der Waals surface area contributed by atoms with Gasteiger partial charge in [0.15, 0.2) is 0 Å². The molecular weight excluding hydrogens is 392 g/mol. The molecule has 3 unspecified atom stereocenters. The zero-order chi connectivity index (χ0) is 22.0. The molecule has 2 aromatic rings. The number of rotatable bonds is 7. The van der Waals surface area contributed by atoms with E-state index in [1.54, 1.807) is 10.9 Å². The number of anilines is 2. The van der Waals surface area contributed by atoms with Crippen LogP contribution in [-0.2, 0) is 26.8 Å². The fourth-order valence-electron chi connectivity index (χ4n) is 5.09. The van der Waals surface area contributed by atoms with Gasteiger partial charge in [0.1, 0.15) is 6.29 Å². The van der Waals surface area contributed by atoms with E-state index in [1.165, 1.54) is 0 Å². The minimum absolute atomic E-state index is 0.00822. The third-order valence-electron chi connectivity index (χ3n) is 7.28. The number of hydrogen-bond donors (Lipinski definition) is 2. The summed E-state index contributed by atoms with van der Waals surface area (Å²) in [4.78, 5) is 25.5. The molecule has 2 aliphatic rings. The molecule has 1 saturated heterocycles. The molecule has 1 aromatic carbocycles. The average molecular weight is 425 g/mol. The normalized spacial score (nSPS) is 23.5. The molecule has 7 nitrogen and oxygen atoms in total. The Morgan fingerprint density at radius 2 is 2.06 bits per heavy atom. The Kier molecular flexibility index (Phi) is 6.14. The summed E-state index contributed by atoms with van der Waals surface area (Å²) in [7, 11) is 3.73. The van der Waals surface area contributed by atoms with Crippen molar-refractivity contribution in [2.24, 2.45) is 18.9 Å². The van der Waals surface area contributed by atoms with Gasteiger partial charge in [0, 0.05) is 44.9 Å². The lowest BCUT2D eigenvalue weighted by Gasteiger charge is -2.39. The summed E-state index contributed by atoms with van der Waals surface area (Å²) in [5.41, 5.74) is 2.95. The molecule has 2 heterocycles. The maximum absolute atomic E-state index is 13.4. The molecule has 4 rings (SSSR count). The van der Waals surface area contributed by atoms with Crippen LogP contribution >= 0.6 is 0 Å². The molecule has 1 amide bonds. The van der Waals surface area contributed by atoms with Crippen molar-refractivity contribution in [3.05, 3.63) is 41.7 Å². The summed E-state index contributed by atoms with van der Waals surface area (Å²) in [6, 6.07) is 7.74. The minimum atomic E-state index is -0.544. The first-order valence-electron chi connectivity index (χ1n) is 11.1. The van der Waals surface area contributed by atoms with Crippen LogP contribution in [0.3, 0.4) is 0 Å². The Balaban J connectivity index is 1.60. The maximum Gasteiger partial charge on any atom is 0.233 e. The highest BCUT2D eigenvalue weighted by Crippen LogP contribution is 2.44. The zero-order valence-electron chi connectivity index (χ0n) is 18.6. The van der Waals surface area contributed by atoms with E-state index in [0.29, 0.717) is 37.9 Å². The Labute approximate surface area is 183 Å². The van der Waals surface area contributed by atoms with Crippen LogP contribution in [0, 0.1) is 11.8 Å². The molecule has 2 N–H and O–H groups in total. The predicted molar refractivity (Wildman–Crippen MR) is 120 cm³/mol. The van der Waals surface area contributed by atoms with E-state index in [2.05, 4.69) is 22.7 Å². The first-order chi connectivity index (χ1) is 15.0. The number of aldehydes is 1. The van der Waals surface area contributed by atoms with Crippen molar-refractivity contribution in [3.63, 3.8) is 0 Å².